The molecule has 0 N–H and O–H groups in total. The molecule has 3 heterocycles. The van der Waals surface area contributed by atoms with Crippen LogP contribution < -0.4 is 14.5 Å². The molecule has 5 nitrogen and oxygen atoms in total. The van der Waals surface area contributed by atoms with Gasteiger partial charge in [-0.1, -0.05) is 215 Å². The zero-order valence-electron chi connectivity index (χ0n) is 45.2. The van der Waals surface area contributed by atoms with Crippen molar-refractivity contribution in [2.75, 3.05) is 16.5 Å². The number of pyridine rings is 1. The van der Waals surface area contributed by atoms with Crippen LogP contribution in [0.3, 0.4) is 0 Å². The predicted molar refractivity (Wildman–Crippen MR) is 316 cm³/mol. The van der Waals surface area contributed by atoms with Gasteiger partial charge in [-0.3, -0.25) is 4.57 Å². The van der Waals surface area contributed by atoms with Crippen molar-refractivity contribution in [3.05, 3.63) is 258 Å². The standard InChI is InChI=1S/C70H68N4O/c1-67(2,3)53-35-36-71-65(42-53)74-62-34-24-23-33-60(62)66-61(70(9,10)52-31-21-14-22-32-52)44-59(45-63(66)74)75-58-38-50(48-25-15-11-16-26-48)37-57(43-58)73-47-72(46-64(73)49-27-17-12-18-28-49)56-40-54(68(4,5)6)39-55(41-56)69(7,8)51-29-19-13-20-30-51/h11-46H,47H2,1-10H3. The number of fused-ring (bicyclic) bond motifs is 3. The SMILES string of the molecule is CC(C)(C)c1cc(N2C=C(c3ccccc3)N(c3cc(Oc4cc(C(C)(C)c5ccccc5)c5c6ccccc6n(-c6cc(C(C)(C)C)ccn6)c5c4)cc(-c4ccccc4)c3)C2)cc(C(C)(C)c2ccccc2)c1. The summed E-state index contributed by atoms with van der Waals surface area (Å²) in [6, 6.07) is 74.8. The molecule has 374 valence electrons. The fourth-order valence-electron chi connectivity index (χ4n) is 10.9. The lowest BCUT2D eigenvalue weighted by Gasteiger charge is -2.31. The van der Waals surface area contributed by atoms with Crippen LogP contribution in [0.5, 0.6) is 11.5 Å². The van der Waals surface area contributed by atoms with E-state index in [2.05, 4.69) is 296 Å². The molecular formula is C70H68N4O. The van der Waals surface area contributed by atoms with Gasteiger partial charge in [-0.15, -0.1) is 0 Å². The van der Waals surface area contributed by atoms with Gasteiger partial charge in [0, 0.05) is 57.5 Å². The minimum Gasteiger partial charge on any atom is -0.457 e. The summed E-state index contributed by atoms with van der Waals surface area (Å²) in [6.07, 6.45) is 4.28. The zero-order chi connectivity index (χ0) is 52.3. The fraction of sp³-hybridized carbons (Fsp3) is 0.214. The van der Waals surface area contributed by atoms with Gasteiger partial charge >= 0.3 is 0 Å². The maximum absolute atomic E-state index is 7.39. The number of hydrogen-bond acceptors (Lipinski definition) is 4. The van der Waals surface area contributed by atoms with Crippen molar-refractivity contribution >= 4 is 38.9 Å². The van der Waals surface area contributed by atoms with Gasteiger partial charge < -0.3 is 14.5 Å². The molecule has 0 atom stereocenters. The lowest BCUT2D eigenvalue weighted by atomic mass is 9.75. The molecule has 10 aromatic rings. The van der Waals surface area contributed by atoms with Crippen molar-refractivity contribution in [3.8, 4) is 28.4 Å². The van der Waals surface area contributed by atoms with E-state index in [4.69, 9.17) is 9.72 Å². The summed E-state index contributed by atoms with van der Waals surface area (Å²) in [5, 5.41) is 2.37. The first-order valence-corrected chi connectivity index (χ1v) is 26.4. The molecule has 75 heavy (non-hydrogen) atoms. The van der Waals surface area contributed by atoms with Crippen LogP contribution in [0.1, 0.15) is 108 Å². The van der Waals surface area contributed by atoms with Gasteiger partial charge in [-0.05, 0) is 109 Å². The van der Waals surface area contributed by atoms with Gasteiger partial charge in [0.05, 0.1) is 23.4 Å². The quantitative estimate of drug-likeness (QED) is 0.129. The van der Waals surface area contributed by atoms with Gasteiger partial charge in [-0.25, -0.2) is 4.98 Å². The number of para-hydroxylation sites is 1. The Labute approximate surface area is 444 Å². The van der Waals surface area contributed by atoms with Crippen LogP contribution >= 0.6 is 0 Å². The first kappa shape index (κ1) is 49.1. The molecule has 1 aliphatic rings. The highest BCUT2D eigenvalue weighted by atomic mass is 16.5. The van der Waals surface area contributed by atoms with Gasteiger partial charge in [0.2, 0.25) is 0 Å². The molecule has 0 bridgehead atoms. The van der Waals surface area contributed by atoms with Crippen LogP contribution in [0.2, 0.25) is 0 Å². The van der Waals surface area contributed by atoms with Crippen molar-refractivity contribution in [2.45, 2.75) is 90.9 Å². The Morgan fingerprint density at radius 3 is 1.65 bits per heavy atom. The van der Waals surface area contributed by atoms with Crippen LogP contribution in [-0.2, 0) is 21.7 Å². The molecule has 0 unspecified atom stereocenters. The summed E-state index contributed by atoms with van der Waals surface area (Å²) in [5.41, 5.74) is 15.5. The number of aromatic nitrogens is 2. The number of benzene rings is 8. The fourth-order valence-corrected chi connectivity index (χ4v) is 10.9. The van der Waals surface area contributed by atoms with E-state index >= 15 is 0 Å². The molecule has 0 fully saturated rings. The van der Waals surface area contributed by atoms with E-state index in [1.807, 2.05) is 6.20 Å². The average molecular weight is 981 g/mol. The highest BCUT2D eigenvalue weighted by Gasteiger charge is 2.32. The summed E-state index contributed by atoms with van der Waals surface area (Å²) < 4.78 is 9.73. The Kier molecular flexibility index (Phi) is 12.4. The zero-order valence-corrected chi connectivity index (χ0v) is 45.2. The second-order valence-electron chi connectivity index (χ2n) is 23.5. The largest absolute Gasteiger partial charge is 0.457 e. The Bertz CT molecular complexity index is 3730. The Hall–Kier alpha value is -8.15. The van der Waals surface area contributed by atoms with E-state index in [9.17, 15) is 0 Å². The van der Waals surface area contributed by atoms with Crippen molar-refractivity contribution in [1.29, 1.82) is 0 Å². The number of ether oxygens (including phenoxy) is 1. The van der Waals surface area contributed by atoms with E-state index in [1.54, 1.807) is 0 Å². The van der Waals surface area contributed by atoms with Crippen molar-refractivity contribution < 1.29 is 4.74 Å². The number of nitrogens with zero attached hydrogens (tertiary/aromatic N) is 4. The number of rotatable bonds is 11. The molecule has 5 heteroatoms. The smallest absolute Gasteiger partial charge is 0.137 e. The van der Waals surface area contributed by atoms with Crippen molar-refractivity contribution in [3.63, 3.8) is 0 Å². The third kappa shape index (κ3) is 9.42. The van der Waals surface area contributed by atoms with Gasteiger partial charge in [0.15, 0.2) is 0 Å². The molecular weight excluding hydrogens is 913 g/mol. The lowest BCUT2D eigenvalue weighted by molar-refractivity contribution is 0.481. The van der Waals surface area contributed by atoms with Crippen LogP contribution in [0, 0.1) is 0 Å². The maximum atomic E-state index is 7.39. The first-order valence-electron chi connectivity index (χ1n) is 26.4. The highest BCUT2D eigenvalue weighted by Crippen LogP contribution is 2.47. The van der Waals surface area contributed by atoms with Gasteiger partial charge in [0.1, 0.15) is 17.3 Å². The van der Waals surface area contributed by atoms with Gasteiger partial charge in [-0.2, -0.15) is 0 Å². The molecule has 0 radical (unpaired) electrons. The number of hydrogen-bond donors (Lipinski definition) is 0. The summed E-state index contributed by atoms with van der Waals surface area (Å²) in [7, 11) is 0. The Morgan fingerprint density at radius 2 is 1.00 bits per heavy atom. The normalized spacial score (nSPS) is 13.4. The molecule has 11 rings (SSSR count). The second kappa shape index (κ2) is 19.0. The number of anilines is 2. The van der Waals surface area contributed by atoms with Crippen LogP contribution in [0.15, 0.2) is 219 Å². The minimum absolute atomic E-state index is 0.0622. The Balaban J connectivity index is 1.09. The molecule has 8 aromatic carbocycles. The second-order valence-corrected chi connectivity index (χ2v) is 23.5. The molecule has 2 aromatic heterocycles. The molecule has 0 spiro atoms. The molecule has 0 saturated carbocycles. The topological polar surface area (TPSA) is 33.5 Å². The van der Waals surface area contributed by atoms with Crippen molar-refractivity contribution in [1.82, 2.24) is 9.55 Å². The van der Waals surface area contributed by atoms with E-state index in [-0.39, 0.29) is 16.2 Å². The predicted octanol–water partition coefficient (Wildman–Crippen LogP) is 18.2. The van der Waals surface area contributed by atoms with E-state index in [0.717, 1.165) is 62.1 Å². The molecule has 1 aliphatic heterocycles. The van der Waals surface area contributed by atoms with E-state index in [0.29, 0.717) is 6.67 Å². The Morgan fingerprint density at radius 1 is 0.427 bits per heavy atom. The van der Waals surface area contributed by atoms with Gasteiger partial charge in [0.25, 0.3) is 0 Å². The molecule has 0 saturated heterocycles. The van der Waals surface area contributed by atoms with E-state index < -0.39 is 5.41 Å². The lowest BCUT2D eigenvalue weighted by Crippen LogP contribution is -2.27. The monoisotopic (exact) mass is 981 g/mol. The minimum atomic E-state index is -0.402. The summed E-state index contributed by atoms with van der Waals surface area (Å²) in [5.74, 6) is 2.38. The summed E-state index contributed by atoms with van der Waals surface area (Å²) >= 11 is 0. The third-order valence-corrected chi connectivity index (χ3v) is 15.6. The van der Waals surface area contributed by atoms with Crippen LogP contribution in [0.4, 0.5) is 11.4 Å². The summed E-state index contributed by atoms with van der Waals surface area (Å²) in [6.45, 7) is 23.7. The summed E-state index contributed by atoms with van der Waals surface area (Å²) in [4.78, 5) is 9.94. The molecule has 0 aliphatic carbocycles. The molecule has 0 amide bonds. The highest BCUT2D eigenvalue weighted by molar-refractivity contribution is 6.12. The average Bonchev–Trinajstić information content (AvgIpc) is 4.03. The first-order chi connectivity index (χ1) is 35.9. The van der Waals surface area contributed by atoms with Crippen molar-refractivity contribution in [2.24, 2.45) is 0 Å². The maximum Gasteiger partial charge on any atom is 0.137 e. The van der Waals surface area contributed by atoms with Crippen LogP contribution in [-0.4, -0.2) is 16.2 Å². The third-order valence-electron chi connectivity index (χ3n) is 15.6. The van der Waals surface area contributed by atoms with Crippen LogP contribution in [0.25, 0.3) is 44.4 Å². The van der Waals surface area contributed by atoms with E-state index in [1.165, 1.54) is 44.2 Å².